The molecular weight excluding hydrogens is 258 g/mol. The first kappa shape index (κ1) is 12.4. The van der Waals surface area contributed by atoms with Crippen LogP contribution in [0.5, 0.6) is 0 Å². The SMILES string of the molecule is CC1(C)OC(=O)c2c1nc(-c1ccc(N)cc1)[nH]c2=O. The quantitative estimate of drug-likeness (QED) is 0.604. The highest BCUT2D eigenvalue weighted by molar-refractivity contribution is 5.93. The van der Waals surface area contributed by atoms with E-state index in [-0.39, 0.29) is 5.56 Å². The number of cyclic esters (lactones) is 1. The van der Waals surface area contributed by atoms with Crippen molar-refractivity contribution >= 4 is 11.7 Å². The van der Waals surface area contributed by atoms with E-state index in [9.17, 15) is 9.59 Å². The van der Waals surface area contributed by atoms with Crippen molar-refractivity contribution in [1.29, 1.82) is 0 Å². The topological polar surface area (TPSA) is 98.1 Å². The Morgan fingerprint density at radius 1 is 1.20 bits per heavy atom. The largest absolute Gasteiger partial charge is 0.449 e. The van der Waals surface area contributed by atoms with E-state index in [4.69, 9.17) is 10.5 Å². The predicted octanol–water partition coefficient (Wildman–Crippen LogP) is 1.42. The summed E-state index contributed by atoms with van der Waals surface area (Å²) in [5.41, 5.74) is 5.92. The second kappa shape index (κ2) is 3.93. The fourth-order valence-electron chi connectivity index (χ4n) is 2.21. The first-order chi connectivity index (χ1) is 9.38. The molecule has 6 heteroatoms. The number of nitrogens with zero attached hydrogens (tertiary/aromatic N) is 1. The summed E-state index contributed by atoms with van der Waals surface area (Å²) in [5.74, 6) is -0.247. The number of ether oxygens (including phenoxy) is 1. The molecule has 0 spiro atoms. The fourth-order valence-corrected chi connectivity index (χ4v) is 2.21. The van der Waals surface area contributed by atoms with Crippen LogP contribution in [0.3, 0.4) is 0 Å². The Morgan fingerprint density at radius 3 is 2.50 bits per heavy atom. The molecule has 0 saturated heterocycles. The Morgan fingerprint density at radius 2 is 1.85 bits per heavy atom. The number of rotatable bonds is 1. The number of aromatic amines is 1. The van der Waals surface area contributed by atoms with Crippen LogP contribution in [0.2, 0.25) is 0 Å². The Hall–Kier alpha value is -2.63. The van der Waals surface area contributed by atoms with E-state index in [0.717, 1.165) is 0 Å². The third-order valence-corrected chi connectivity index (χ3v) is 3.23. The summed E-state index contributed by atoms with van der Waals surface area (Å²) in [7, 11) is 0. The number of carbonyl (C=O) groups excluding carboxylic acids is 1. The van der Waals surface area contributed by atoms with Crippen molar-refractivity contribution in [3.63, 3.8) is 0 Å². The average molecular weight is 271 g/mol. The van der Waals surface area contributed by atoms with Gasteiger partial charge in [0.15, 0.2) is 5.56 Å². The van der Waals surface area contributed by atoms with Crippen LogP contribution in [-0.2, 0) is 10.3 Å². The van der Waals surface area contributed by atoms with E-state index in [1.807, 2.05) is 0 Å². The van der Waals surface area contributed by atoms with Gasteiger partial charge >= 0.3 is 5.97 Å². The van der Waals surface area contributed by atoms with Crippen LogP contribution in [0.25, 0.3) is 11.4 Å². The lowest BCUT2D eigenvalue weighted by molar-refractivity contribution is 0.00830. The highest BCUT2D eigenvalue weighted by Gasteiger charge is 2.42. The number of carbonyl (C=O) groups is 1. The molecule has 0 amide bonds. The molecule has 0 atom stereocenters. The second-order valence-electron chi connectivity index (χ2n) is 5.16. The van der Waals surface area contributed by atoms with Gasteiger partial charge in [0.1, 0.15) is 17.1 Å². The van der Waals surface area contributed by atoms with E-state index < -0.39 is 17.1 Å². The summed E-state index contributed by atoms with van der Waals surface area (Å²) in [6.45, 7) is 3.41. The standard InChI is InChI=1S/C14H13N3O3/c1-14(2)10-9(13(19)20-14)12(18)17-11(16-10)7-3-5-8(15)6-4-7/h3-6H,15H2,1-2H3,(H,16,17,18). The molecule has 0 radical (unpaired) electrons. The van der Waals surface area contributed by atoms with Crippen molar-refractivity contribution in [3.05, 3.63) is 45.9 Å². The molecule has 3 rings (SSSR count). The van der Waals surface area contributed by atoms with Crippen molar-refractivity contribution in [1.82, 2.24) is 9.97 Å². The van der Waals surface area contributed by atoms with Crippen LogP contribution in [0, 0.1) is 0 Å². The molecule has 1 aliphatic rings. The minimum atomic E-state index is -0.900. The number of fused-ring (bicyclic) bond motifs is 1. The molecule has 0 saturated carbocycles. The number of aromatic nitrogens is 2. The molecular formula is C14H13N3O3. The second-order valence-corrected chi connectivity index (χ2v) is 5.16. The van der Waals surface area contributed by atoms with E-state index in [0.29, 0.717) is 22.8 Å². The van der Waals surface area contributed by atoms with Crippen molar-refractivity contribution in [2.45, 2.75) is 19.4 Å². The number of hydrogen-bond acceptors (Lipinski definition) is 5. The number of nitrogen functional groups attached to an aromatic ring is 1. The molecule has 0 unspecified atom stereocenters. The van der Waals surface area contributed by atoms with Gasteiger partial charge in [0, 0.05) is 11.3 Å². The lowest BCUT2D eigenvalue weighted by Crippen LogP contribution is -2.21. The molecule has 6 nitrogen and oxygen atoms in total. The van der Waals surface area contributed by atoms with E-state index in [1.165, 1.54) is 0 Å². The minimum Gasteiger partial charge on any atom is -0.449 e. The van der Waals surface area contributed by atoms with E-state index in [2.05, 4.69) is 9.97 Å². The maximum Gasteiger partial charge on any atom is 0.346 e. The number of nitrogens with one attached hydrogen (secondary N) is 1. The summed E-state index contributed by atoms with van der Waals surface area (Å²) in [4.78, 5) is 30.7. The van der Waals surface area contributed by atoms with Gasteiger partial charge in [-0.05, 0) is 38.1 Å². The molecule has 3 N–H and O–H groups in total. The lowest BCUT2D eigenvalue weighted by Gasteiger charge is -2.16. The summed E-state index contributed by atoms with van der Waals surface area (Å²) < 4.78 is 5.17. The van der Waals surface area contributed by atoms with Gasteiger partial charge in [0.05, 0.1) is 0 Å². The van der Waals surface area contributed by atoms with Crippen LogP contribution in [0.15, 0.2) is 29.1 Å². The molecule has 1 aromatic carbocycles. The van der Waals surface area contributed by atoms with Gasteiger partial charge in [-0.25, -0.2) is 9.78 Å². The van der Waals surface area contributed by atoms with Crippen molar-refractivity contribution in [3.8, 4) is 11.4 Å². The number of H-pyrrole nitrogens is 1. The Labute approximate surface area is 114 Å². The molecule has 2 aromatic rings. The number of esters is 1. The Kier molecular flexibility index (Phi) is 2.44. The fraction of sp³-hybridized carbons (Fsp3) is 0.214. The molecule has 1 aliphatic heterocycles. The smallest absolute Gasteiger partial charge is 0.346 e. The van der Waals surface area contributed by atoms with Crippen LogP contribution >= 0.6 is 0 Å². The molecule has 0 bridgehead atoms. The summed E-state index contributed by atoms with van der Waals surface area (Å²) >= 11 is 0. The number of hydrogen-bond donors (Lipinski definition) is 2. The highest BCUT2D eigenvalue weighted by Crippen LogP contribution is 2.33. The zero-order valence-electron chi connectivity index (χ0n) is 11.1. The van der Waals surface area contributed by atoms with Gasteiger partial charge in [-0.3, -0.25) is 4.79 Å². The average Bonchev–Trinajstić information content (AvgIpc) is 2.60. The third kappa shape index (κ3) is 1.77. The zero-order valence-corrected chi connectivity index (χ0v) is 11.1. The van der Waals surface area contributed by atoms with Gasteiger partial charge in [0.2, 0.25) is 0 Å². The van der Waals surface area contributed by atoms with Crippen LogP contribution in [-0.4, -0.2) is 15.9 Å². The van der Waals surface area contributed by atoms with E-state index >= 15 is 0 Å². The normalized spacial score (nSPS) is 15.8. The number of anilines is 1. The summed E-state index contributed by atoms with van der Waals surface area (Å²) in [5, 5.41) is 0. The molecule has 1 aromatic heterocycles. The summed E-state index contributed by atoms with van der Waals surface area (Å²) in [6.07, 6.45) is 0. The van der Waals surface area contributed by atoms with Gasteiger partial charge in [-0.1, -0.05) is 0 Å². The predicted molar refractivity (Wildman–Crippen MR) is 73.1 cm³/mol. The molecule has 20 heavy (non-hydrogen) atoms. The molecule has 0 fully saturated rings. The maximum absolute atomic E-state index is 12.0. The third-order valence-electron chi connectivity index (χ3n) is 3.23. The van der Waals surface area contributed by atoms with Gasteiger partial charge in [0.25, 0.3) is 5.56 Å². The lowest BCUT2D eigenvalue weighted by atomic mass is 10.0. The maximum atomic E-state index is 12.0. The van der Waals surface area contributed by atoms with Crippen molar-refractivity contribution in [2.24, 2.45) is 0 Å². The minimum absolute atomic E-state index is 0.0193. The number of nitrogens with two attached hydrogens (primary N) is 1. The molecule has 0 aliphatic carbocycles. The first-order valence-corrected chi connectivity index (χ1v) is 6.12. The molecule has 102 valence electrons. The zero-order chi connectivity index (χ0) is 14.5. The van der Waals surface area contributed by atoms with Gasteiger partial charge in [-0.2, -0.15) is 0 Å². The van der Waals surface area contributed by atoms with Gasteiger partial charge < -0.3 is 15.5 Å². The van der Waals surface area contributed by atoms with Crippen molar-refractivity contribution < 1.29 is 9.53 Å². The van der Waals surface area contributed by atoms with Crippen LogP contribution in [0.4, 0.5) is 5.69 Å². The first-order valence-electron chi connectivity index (χ1n) is 6.12. The summed E-state index contributed by atoms with van der Waals surface area (Å²) in [6, 6.07) is 6.94. The van der Waals surface area contributed by atoms with E-state index in [1.54, 1.807) is 38.1 Å². The van der Waals surface area contributed by atoms with Crippen molar-refractivity contribution in [2.75, 3.05) is 5.73 Å². The monoisotopic (exact) mass is 271 g/mol. The highest BCUT2D eigenvalue weighted by atomic mass is 16.6. The Balaban J connectivity index is 2.22. The van der Waals surface area contributed by atoms with Crippen LogP contribution < -0.4 is 11.3 Å². The molecule has 2 heterocycles. The van der Waals surface area contributed by atoms with Gasteiger partial charge in [-0.15, -0.1) is 0 Å². The van der Waals surface area contributed by atoms with Crippen LogP contribution in [0.1, 0.15) is 29.9 Å². The number of benzene rings is 1. The Bertz CT molecular complexity index is 760.